The van der Waals surface area contributed by atoms with E-state index < -0.39 is 0 Å². The molecule has 0 saturated carbocycles. The summed E-state index contributed by atoms with van der Waals surface area (Å²) in [5.41, 5.74) is 3.13. The highest BCUT2D eigenvalue weighted by Gasteiger charge is 2.29. The molecule has 19 heavy (non-hydrogen) atoms. The molecule has 1 aromatic rings. The molecule has 0 spiro atoms. The molecule has 1 aliphatic heterocycles. The Labute approximate surface area is 118 Å². The van der Waals surface area contributed by atoms with Crippen molar-refractivity contribution in [2.45, 2.75) is 64.6 Å². The maximum absolute atomic E-state index is 3.65. The maximum Gasteiger partial charge on any atom is 0.0213 e. The van der Waals surface area contributed by atoms with Crippen LogP contribution < -0.4 is 10.6 Å². The van der Waals surface area contributed by atoms with Gasteiger partial charge in [-0.1, -0.05) is 38.1 Å². The summed E-state index contributed by atoms with van der Waals surface area (Å²) in [6.45, 7) is 11.1. The summed E-state index contributed by atoms with van der Waals surface area (Å²) >= 11 is 0. The topological polar surface area (TPSA) is 24.1 Å². The molecule has 1 aliphatic rings. The average Bonchev–Trinajstić information content (AvgIpc) is 2.76. The Kier molecular flexibility index (Phi) is 4.64. The van der Waals surface area contributed by atoms with E-state index in [1.807, 2.05) is 0 Å². The third-order valence-corrected chi connectivity index (χ3v) is 4.34. The van der Waals surface area contributed by atoms with Gasteiger partial charge >= 0.3 is 0 Å². The first-order valence-corrected chi connectivity index (χ1v) is 7.57. The van der Waals surface area contributed by atoms with Gasteiger partial charge in [0, 0.05) is 24.7 Å². The lowest BCUT2D eigenvalue weighted by Crippen LogP contribution is -2.31. The first kappa shape index (κ1) is 14.5. The van der Waals surface area contributed by atoms with Crippen LogP contribution in [0.15, 0.2) is 24.3 Å². The Morgan fingerprint density at radius 1 is 1.32 bits per heavy atom. The number of nitrogens with one attached hydrogen (secondary N) is 2. The summed E-state index contributed by atoms with van der Waals surface area (Å²) in [6.07, 6.45) is 2.42. The highest BCUT2D eigenvalue weighted by molar-refractivity contribution is 5.25. The van der Waals surface area contributed by atoms with E-state index in [1.54, 1.807) is 0 Å². The van der Waals surface area contributed by atoms with Crippen LogP contribution in [0.4, 0.5) is 0 Å². The van der Waals surface area contributed by atoms with Gasteiger partial charge in [-0.15, -0.1) is 0 Å². The van der Waals surface area contributed by atoms with Crippen LogP contribution in [-0.4, -0.2) is 18.1 Å². The van der Waals surface area contributed by atoms with Crippen LogP contribution >= 0.6 is 0 Å². The summed E-state index contributed by atoms with van der Waals surface area (Å²) in [6, 6.07) is 9.69. The summed E-state index contributed by atoms with van der Waals surface area (Å²) in [7, 11) is 0. The van der Waals surface area contributed by atoms with Gasteiger partial charge in [0.15, 0.2) is 0 Å². The quantitative estimate of drug-likeness (QED) is 0.847. The molecule has 2 heteroatoms. The van der Waals surface area contributed by atoms with Crippen molar-refractivity contribution in [2.24, 2.45) is 0 Å². The van der Waals surface area contributed by atoms with E-state index in [1.165, 1.54) is 24.0 Å². The van der Waals surface area contributed by atoms with Crippen molar-refractivity contribution in [2.75, 3.05) is 6.54 Å². The van der Waals surface area contributed by atoms with Crippen molar-refractivity contribution in [1.82, 2.24) is 10.6 Å². The molecule has 2 unspecified atom stereocenters. The number of rotatable bonds is 5. The second kappa shape index (κ2) is 6.06. The Morgan fingerprint density at radius 2 is 2.00 bits per heavy atom. The van der Waals surface area contributed by atoms with E-state index in [0.717, 1.165) is 13.1 Å². The van der Waals surface area contributed by atoms with E-state index in [2.05, 4.69) is 62.6 Å². The third-order valence-electron chi connectivity index (χ3n) is 4.34. The predicted octanol–water partition coefficient (Wildman–Crippen LogP) is 3.43. The fourth-order valence-electron chi connectivity index (χ4n) is 2.77. The molecule has 2 rings (SSSR count). The summed E-state index contributed by atoms with van der Waals surface area (Å²) in [5, 5.41) is 7.21. The third kappa shape index (κ3) is 4.05. The predicted molar refractivity (Wildman–Crippen MR) is 82.5 cm³/mol. The SMILES string of the molecule is CCC(C)c1ccc(CNC2CNC(C)(C)C2)cc1. The zero-order valence-electron chi connectivity index (χ0n) is 12.8. The van der Waals surface area contributed by atoms with Crippen molar-refractivity contribution in [1.29, 1.82) is 0 Å². The highest BCUT2D eigenvalue weighted by atomic mass is 15.1. The number of hydrogen-bond donors (Lipinski definition) is 2. The highest BCUT2D eigenvalue weighted by Crippen LogP contribution is 2.20. The van der Waals surface area contributed by atoms with Crippen LogP contribution in [0.2, 0.25) is 0 Å². The molecular weight excluding hydrogens is 232 g/mol. The standard InChI is InChI=1S/C17H28N2/c1-5-13(2)15-8-6-14(7-9-15)11-18-16-10-17(3,4)19-12-16/h6-9,13,16,18-19H,5,10-12H2,1-4H3. The van der Waals surface area contributed by atoms with Gasteiger partial charge in [0.2, 0.25) is 0 Å². The van der Waals surface area contributed by atoms with Crippen LogP contribution in [0.3, 0.4) is 0 Å². The minimum absolute atomic E-state index is 0.290. The van der Waals surface area contributed by atoms with Gasteiger partial charge < -0.3 is 10.6 Å². The van der Waals surface area contributed by atoms with Crippen LogP contribution in [-0.2, 0) is 6.54 Å². The van der Waals surface area contributed by atoms with E-state index >= 15 is 0 Å². The van der Waals surface area contributed by atoms with Crippen molar-refractivity contribution >= 4 is 0 Å². The van der Waals surface area contributed by atoms with Crippen molar-refractivity contribution in [3.8, 4) is 0 Å². The molecule has 1 aromatic carbocycles. The normalized spacial score (nSPS) is 23.5. The summed E-state index contributed by atoms with van der Waals surface area (Å²) in [5.74, 6) is 0.668. The second-order valence-corrected chi connectivity index (χ2v) is 6.60. The number of hydrogen-bond acceptors (Lipinski definition) is 2. The van der Waals surface area contributed by atoms with E-state index in [0.29, 0.717) is 12.0 Å². The molecule has 0 bridgehead atoms. The van der Waals surface area contributed by atoms with Crippen molar-refractivity contribution in [3.05, 3.63) is 35.4 Å². The van der Waals surface area contributed by atoms with Gasteiger partial charge in [-0.05, 0) is 43.7 Å². The van der Waals surface area contributed by atoms with Gasteiger partial charge in [0.25, 0.3) is 0 Å². The van der Waals surface area contributed by atoms with Crippen LogP contribution in [0, 0.1) is 0 Å². The monoisotopic (exact) mass is 260 g/mol. The van der Waals surface area contributed by atoms with Crippen LogP contribution in [0.1, 0.15) is 57.6 Å². The molecule has 2 nitrogen and oxygen atoms in total. The first-order chi connectivity index (χ1) is 9.00. The van der Waals surface area contributed by atoms with Gasteiger partial charge in [-0.2, -0.15) is 0 Å². The van der Waals surface area contributed by atoms with Gasteiger partial charge in [0.1, 0.15) is 0 Å². The minimum Gasteiger partial charge on any atom is -0.310 e. The van der Waals surface area contributed by atoms with Crippen LogP contribution in [0.25, 0.3) is 0 Å². The lowest BCUT2D eigenvalue weighted by molar-refractivity contribution is 0.442. The molecular formula is C17H28N2. The Bertz CT molecular complexity index is 394. The smallest absolute Gasteiger partial charge is 0.0213 e. The molecule has 2 atom stereocenters. The molecule has 1 saturated heterocycles. The molecule has 106 valence electrons. The fraction of sp³-hybridized carbons (Fsp3) is 0.647. The molecule has 1 fully saturated rings. The van der Waals surface area contributed by atoms with E-state index in [4.69, 9.17) is 0 Å². The lowest BCUT2D eigenvalue weighted by Gasteiger charge is -2.17. The zero-order valence-corrected chi connectivity index (χ0v) is 12.8. The summed E-state index contributed by atoms with van der Waals surface area (Å²) < 4.78 is 0. The van der Waals surface area contributed by atoms with E-state index in [9.17, 15) is 0 Å². The Hall–Kier alpha value is -0.860. The molecule has 0 amide bonds. The second-order valence-electron chi connectivity index (χ2n) is 6.60. The lowest BCUT2D eigenvalue weighted by atomic mass is 9.97. The first-order valence-electron chi connectivity index (χ1n) is 7.57. The van der Waals surface area contributed by atoms with Crippen LogP contribution in [0.5, 0.6) is 0 Å². The molecule has 0 radical (unpaired) electrons. The van der Waals surface area contributed by atoms with Crippen molar-refractivity contribution < 1.29 is 0 Å². The van der Waals surface area contributed by atoms with Crippen molar-refractivity contribution in [3.63, 3.8) is 0 Å². The number of benzene rings is 1. The summed E-state index contributed by atoms with van der Waals surface area (Å²) in [4.78, 5) is 0. The molecule has 0 aliphatic carbocycles. The Morgan fingerprint density at radius 3 is 2.53 bits per heavy atom. The van der Waals surface area contributed by atoms with Gasteiger partial charge in [-0.25, -0.2) is 0 Å². The minimum atomic E-state index is 0.290. The van der Waals surface area contributed by atoms with Gasteiger partial charge in [-0.3, -0.25) is 0 Å². The maximum atomic E-state index is 3.65. The molecule has 1 heterocycles. The molecule has 2 N–H and O–H groups in total. The van der Waals surface area contributed by atoms with Gasteiger partial charge in [0.05, 0.1) is 0 Å². The Balaban J connectivity index is 1.84. The zero-order chi connectivity index (χ0) is 13.9. The molecule has 0 aromatic heterocycles. The van der Waals surface area contributed by atoms with E-state index in [-0.39, 0.29) is 5.54 Å². The fourth-order valence-corrected chi connectivity index (χ4v) is 2.77. The largest absolute Gasteiger partial charge is 0.310 e. The average molecular weight is 260 g/mol.